The third kappa shape index (κ3) is 12.5. The van der Waals surface area contributed by atoms with Crippen molar-refractivity contribution in [2.24, 2.45) is 0 Å². The highest BCUT2D eigenvalue weighted by molar-refractivity contribution is 7.07. The fourth-order valence-electron chi connectivity index (χ4n) is 5.61. The maximum absolute atomic E-state index is 13.2. The first-order valence-electron chi connectivity index (χ1n) is 16.9. The molecule has 3 rings (SSSR count). The molecule has 0 atom stereocenters. The standard InChI is InChI=1S/C38H57N2O2S/c1-6-8-9-10-11-12-13-14-15-16-17-18-25-42-36-28-33(22-23-35(36)38(3,4)5)30-40(37(41)7-2)34-21-19-20-32(27-34)29-39-24-26-43-31-39/h19-24,26-28,31H,6-18,25,29-30H2,1-5H3/q+1. The van der Waals surface area contributed by atoms with Crippen LogP contribution in [-0.4, -0.2) is 12.5 Å². The summed E-state index contributed by atoms with van der Waals surface area (Å²) in [6.07, 6.45) is 18.6. The summed E-state index contributed by atoms with van der Waals surface area (Å²) in [5.41, 5.74) is 6.53. The topological polar surface area (TPSA) is 33.4 Å². The normalized spacial score (nSPS) is 11.6. The lowest BCUT2D eigenvalue weighted by Gasteiger charge is -2.26. The molecule has 3 aromatic rings. The van der Waals surface area contributed by atoms with Gasteiger partial charge in [0.15, 0.2) is 12.7 Å². The average Bonchev–Trinajstić information content (AvgIpc) is 3.50. The van der Waals surface area contributed by atoms with Crippen LogP contribution in [0.5, 0.6) is 5.75 Å². The molecule has 0 fully saturated rings. The van der Waals surface area contributed by atoms with Crippen LogP contribution in [0.3, 0.4) is 0 Å². The molecular weight excluding hydrogens is 548 g/mol. The number of ether oxygens (including phenoxy) is 1. The second kappa shape index (κ2) is 18.9. The van der Waals surface area contributed by atoms with Crippen molar-refractivity contribution in [3.63, 3.8) is 0 Å². The Hall–Kier alpha value is -2.66. The van der Waals surface area contributed by atoms with Crippen molar-refractivity contribution in [2.45, 2.75) is 137 Å². The van der Waals surface area contributed by atoms with Crippen LogP contribution in [0.1, 0.15) is 135 Å². The van der Waals surface area contributed by atoms with Gasteiger partial charge in [0.2, 0.25) is 11.4 Å². The van der Waals surface area contributed by atoms with Gasteiger partial charge in [-0.3, -0.25) is 4.79 Å². The number of carbonyl (C=O) groups excluding carboxylic acids is 1. The lowest BCUT2D eigenvalue weighted by molar-refractivity contribution is -0.683. The third-order valence-electron chi connectivity index (χ3n) is 8.17. The minimum Gasteiger partial charge on any atom is -0.493 e. The smallest absolute Gasteiger partial charge is 0.227 e. The fourth-order valence-corrected chi connectivity index (χ4v) is 6.21. The van der Waals surface area contributed by atoms with Crippen LogP contribution in [-0.2, 0) is 23.3 Å². The van der Waals surface area contributed by atoms with E-state index in [1.54, 1.807) is 11.3 Å². The van der Waals surface area contributed by atoms with E-state index < -0.39 is 0 Å². The highest BCUT2D eigenvalue weighted by atomic mass is 32.1. The number of hydrogen-bond donors (Lipinski definition) is 0. The zero-order valence-electron chi connectivity index (χ0n) is 27.7. The molecule has 0 aliphatic carbocycles. The Kier molecular flexibility index (Phi) is 15.3. The molecule has 4 nitrogen and oxygen atoms in total. The summed E-state index contributed by atoms with van der Waals surface area (Å²) < 4.78 is 8.61. The molecule has 0 radical (unpaired) electrons. The van der Waals surface area contributed by atoms with Gasteiger partial charge >= 0.3 is 0 Å². The largest absolute Gasteiger partial charge is 0.493 e. The Morgan fingerprint density at radius 2 is 1.51 bits per heavy atom. The van der Waals surface area contributed by atoms with Gasteiger partial charge in [-0.2, -0.15) is 4.57 Å². The number of amides is 1. The molecule has 2 aromatic carbocycles. The van der Waals surface area contributed by atoms with Crippen molar-refractivity contribution < 1.29 is 14.1 Å². The fraction of sp³-hybridized carbons (Fsp3) is 0.579. The lowest BCUT2D eigenvalue weighted by Crippen LogP contribution is -2.32. The summed E-state index contributed by atoms with van der Waals surface area (Å²) in [7, 11) is 0. The van der Waals surface area contributed by atoms with Crippen LogP contribution >= 0.6 is 11.3 Å². The number of benzene rings is 2. The molecule has 0 aliphatic rings. The number of nitrogens with zero attached hydrogens (tertiary/aromatic N) is 2. The van der Waals surface area contributed by atoms with Crippen molar-refractivity contribution in [3.05, 3.63) is 76.2 Å². The monoisotopic (exact) mass is 605 g/mol. The van der Waals surface area contributed by atoms with Gasteiger partial charge in [0, 0.05) is 17.7 Å². The van der Waals surface area contributed by atoms with E-state index in [0.717, 1.165) is 36.6 Å². The van der Waals surface area contributed by atoms with Gasteiger partial charge in [0.05, 0.1) is 18.5 Å². The summed E-state index contributed by atoms with van der Waals surface area (Å²) >= 11 is 1.69. The van der Waals surface area contributed by atoms with Crippen molar-refractivity contribution >= 4 is 22.9 Å². The van der Waals surface area contributed by atoms with E-state index in [9.17, 15) is 4.79 Å². The Balaban J connectivity index is 1.56. The van der Waals surface area contributed by atoms with Gasteiger partial charge in [0.25, 0.3) is 0 Å². The van der Waals surface area contributed by atoms with Crippen LogP contribution in [0.2, 0.25) is 0 Å². The van der Waals surface area contributed by atoms with Crippen LogP contribution in [0.4, 0.5) is 5.69 Å². The molecule has 0 N–H and O–H groups in total. The SMILES string of the molecule is CCCCCCCCCCCCCCOc1cc(CN(C(=O)CC)c2cccc(C[n+]3ccsc3)c2)ccc1C(C)(C)C. The van der Waals surface area contributed by atoms with E-state index in [1.165, 1.54) is 81.8 Å². The number of carbonyl (C=O) groups is 1. The molecule has 1 amide bonds. The second-order valence-corrected chi connectivity index (χ2v) is 13.8. The summed E-state index contributed by atoms with van der Waals surface area (Å²) in [6, 6.07) is 14.9. The van der Waals surface area contributed by atoms with Crippen molar-refractivity contribution in [3.8, 4) is 5.75 Å². The molecule has 0 saturated carbocycles. The van der Waals surface area contributed by atoms with Crippen molar-refractivity contribution in [1.29, 1.82) is 0 Å². The van der Waals surface area contributed by atoms with E-state index in [4.69, 9.17) is 4.74 Å². The summed E-state index contributed by atoms with van der Waals surface area (Å²) in [6.45, 7) is 13.0. The van der Waals surface area contributed by atoms with E-state index in [1.807, 2.05) is 17.9 Å². The lowest BCUT2D eigenvalue weighted by atomic mass is 9.85. The average molecular weight is 606 g/mol. The molecule has 5 heteroatoms. The number of aromatic nitrogens is 1. The van der Waals surface area contributed by atoms with Crippen LogP contribution in [0.25, 0.3) is 0 Å². The van der Waals surface area contributed by atoms with Gasteiger partial charge in [0.1, 0.15) is 5.75 Å². The number of rotatable bonds is 20. The molecule has 0 spiro atoms. The minimum absolute atomic E-state index is 0.0169. The van der Waals surface area contributed by atoms with Crippen LogP contribution in [0, 0.1) is 0 Å². The van der Waals surface area contributed by atoms with Crippen molar-refractivity contribution in [1.82, 2.24) is 0 Å². The summed E-state index contributed by atoms with van der Waals surface area (Å²) in [5, 5.41) is 2.08. The van der Waals surface area contributed by atoms with Gasteiger partial charge in [-0.05, 0) is 41.2 Å². The Morgan fingerprint density at radius 1 is 0.837 bits per heavy atom. The molecule has 1 heterocycles. The molecule has 0 unspecified atom stereocenters. The van der Waals surface area contributed by atoms with Gasteiger partial charge < -0.3 is 9.64 Å². The molecule has 43 heavy (non-hydrogen) atoms. The molecular formula is C38H57N2O2S+. The molecule has 0 bridgehead atoms. The molecule has 0 aliphatic heterocycles. The second-order valence-electron chi connectivity index (χ2n) is 13.0. The number of hydrogen-bond acceptors (Lipinski definition) is 3. The summed E-state index contributed by atoms with van der Waals surface area (Å²) in [5.74, 6) is 1.08. The van der Waals surface area contributed by atoms with E-state index in [2.05, 4.69) is 85.7 Å². The highest BCUT2D eigenvalue weighted by Gasteiger charge is 2.21. The predicted molar refractivity (Wildman–Crippen MR) is 183 cm³/mol. The Labute approximate surface area is 266 Å². The number of anilines is 1. The Morgan fingerprint density at radius 3 is 2.12 bits per heavy atom. The third-order valence-corrected chi connectivity index (χ3v) is 8.84. The minimum atomic E-state index is -0.0169. The zero-order valence-corrected chi connectivity index (χ0v) is 28.5. The maximum atomic E-state index is 13.2. The van der Waals surface area contributed by atoms with Gasteiger partial charge in [-0.25, -0.2) is 0 Å². The molecule has 236 valence electrons. The number of thiazole rings is 1. The first kappa shape index (κ1) is 34.8. The maximum Gasteiger partial charge on any atom is 0.227 e. The van der Waals surface area contributed by atoms with Gasteiger partial charge in [-0.1, -0.05) is 141 Å². The quantitative estimate of drug-likeness (QED) is 0.0948. The predicted octanol–water partition coefficient (Wildman–Crippen LogP) is 10.4. The first-order valence-corrected chi connectivity index (χ1v) is 17.8. The highest BCUT2D eigenvalue weighted by Crippen LogP contribution is 2.33. The van der Waals surface area contributed by atoms with Gasteiger partial charge in [-0.15, -0.1) is 0 Å². The van der Waals surface area contributed by atoms with E-state index in [0.29, 0.717) is 13.0 Å². The van der Waals surface area contributed by atoms with E-state index in [-0.39, 0.29) is 11.3 Å². The van der Waals surface area contributed by atoms with Crippen molar-refractivity contribution in [2.75, 3.05) is 11.5 Å². The van der Waals surface area contributed by atoms with E-state index >= 15 is 0 Å². The molecule has 1 aromatic heterocycles. The zero-order chi connectivity index (χ0) is 30.9. The first-order chi connectivity index (χ1) is 20.8. The molecule has 0 saturated heterocycles. The Bertz CT molecular complexity index is 1200. The summed E-state index contributed by atoms with van der Waals surface area (Å²) in [4.78, 5) is 15.1. The van der Waals surface area contributed by atoms with Crippen LogP contribution in [0.15, 0.2) is 59.6 Å². The van der Waals surface area contributed by atoms with Crippen LogP contribution < -0.4 is 14.2 Å². The number of unbranched alkanes of at least 4 members (excludes halogenated alkanes) is 11.